The van der Waals surface area contributed by atoms with Crippen molar-refractivity contribution in [3.05, 3.63) is 5.56 Å². The van der Waals surface area contributed by atoms with Gasteiger partial charge in [0.05, 0.1) is 12.7 Å². The molecule has 16 heavy (non-hydrogen) atoms. The van der Waals surface area contributed by atoms with Gasteiger partial charge in [0.15, 0.2) is 0 Å². The van der Waals surface area contributed by atoms with Crippen molar-refractivity contribution >= 4 is 22.4 Å². The molecule has 1 aromatic heterocycles. The summed E-state index contributed by atoms with van der Waals surface area (Å²) in [6.45, 7) is 5.60. The molecule has 0 aliphatic carbocycles. The van der Waals surface area contributed by atoms with Crippen LogP contribution in [0.5, 0.6) is 0 Å². The van der Waals surface area contributed by atoms with Gasteiger partial charge < -0.3 is 20.7 Å². The van der Waals surface area contributed by atoms with E-state index in [0.717, 1.165) is 36.8 Å². The van der Waals surface area contributed by atoms with Crippen molar-refractivity contribution in [1.82, 2.24) is 9.27 Å². The van der Waals surface area contributed by atoms with Crippen molar-refractivity contribution in [1.29, 1.82) is 0 Å². The molecule has 0 aromatic carbocycles. The van der Waals surface area contributed by atoms with Gasteiger partial charge in [0, 0.05) is 25.2 Å². The summed E-state index contributed by atoms with van der Waals surface area (Å²) in [4.78, 5) is 2.28. The second-order valence-corrected chi connectivity index (χ2v) is 4.93. The number of ether oxygens (including phenoxy) is 1. The number of rotatable bonds is 3. The van der Waals surface area contributed by atoms with Gasteiger partial charge in [0.1, 0.15) is 10.8 Å². The summed E-state index contributed by atoms with van der Waals surface area (Å²) in [5, 5.41) is 4.40. The Morgan fingerprint density at radius 1 is 1.69 bits per heavy atom. The lowest BCUT2D eigenvalue weighted by Gasteiger charge is -2.30. The Morgan fingerprint density at radius 2 is 2.50 bits per heavy atom. The molecule has 2 heterocycles. The minimum absolute atomic E-state index is 0.251. The standard InChI is InChI=1S/C10H18N4OS/c1-7-9(11)13-16-10(7)12-5-8-6-14(2)3-4-15-8/h8,12H,3-6H2,1-2H3,(H2,11,13). The molecule has 0 spiro atoms. The number of likely N-dealkylation sites (N-methyl/N-ethyl adjacent to an activating group) is 1. The Bertz CT molecular complexity index is 355. The van der Waals surface area contributed by atoms with Gasteiger partial charge >= 0.3 is 0 Å². The lowest BCUT2D eigenvalue weighted by Crippen LogP contribution is -2.43. The van der Waals surface area contributed by atoms with Crippen LogP contribution in [0.25, 0.3) is 0 Å². The fourth-order valence-electron chi connectivity index (χ4n) is 1.71. The molecule has 90 valence electrons. The van der Waals surface area contributed by atoms with Crippen LogP contribution in [-0.4, -0.2) is 48.7 Å². The predicted molar refractivity (Wildman–Crippen MR) is 67.0 cm³/mol. The van der Waals surface area contributed by atoms with E-state index in [9.17, 15) is 0 Å². The highest BCUT2D eigenvalue weighted by molar-refractivity contribution is 7.10. The number of nitrogens with two attached hydrogens (primary N) is 1. The Balaban J connectivity index is 1.85. The number of aromatic nitrogens is 1. The number of hydrogen-bond acceptors (Lipinski definition) is 6. The van der Waals surface area contributed by atoms with Crippen molar-refractivity contribution in [3.63, 3.8) is 0 Å². The average Bonchev–Trinajstić information content (AvgIpc) is 2.57. The first-order valence-electron chi connectivity index (χ1n) is 5.42. The summed E-state index contributed by atoms with van der Waals surface area (Å²) >= 11 is 1.41. The van der Waals surface area contributed by atoms with E-state index in [-0.39, 0.29) is 6.10 Å². The van der Waals surface area contributed by atoms with Crippen LogP contribution in [0.2, 0.25) is 0 Å². The Hall–Kier alpha value is -0.850. The summed E-state index contributed by atoms with van der Waals surface area (Å²) in [6, 6.07) is 0. The molecular formula is C10H18N4OS. The van der Waals surface area contributed by atoms with Crippen molar-refractivity contribution in [2.75, 3.05) is 44.3 Å². The quantitative estimate of drug-likeness (QED) is 0.820. The molecule has 1 saturated heterocycles. The van der Waals surface area contributed by atoms with Crippen LogP contribution in [0, 0.1) is 6.92 Å². The molecule has 6 heteroatoms. The molecule has 0 saturated carbocycles. The van der Waals surface area contributed by atoms with Crippen LogP contribution < -0.4 is 11.1 Å². The van der Waals surface area contributed by atoms with Crippen LogP contribution in [0.15, 0.2) is 0 Å². The maximum absolute atomic E-state index is 5.69. The summed E-state index contributed by atoms with van der Waals surface area (Å²) in [5.74, 6) is 0.620. The van der Waals surface area contributed by atoms with Crippen LogP contribution in [-0.2, 0) is 4.74 Å². The second kappa shape index (κ2) is 4.99. The van der Waals surface area contributed by atoms with E-state index in [1.165, 1.54) is 11.5 Å². The Morgan fingerprint density at radius 3 is 3.12 bits per heavy atom. The third-order valence-electron chi connectivity index (χ3n) is 2.79. The monoisotopic (exact) mass is 242 g/mol. The molecule has 0 amide bonds. The molecular weight excluding hydrogens is 224 g/mol. The van der Waals surface area contributed by atoms with Crippen molar-refractivity contribution in [3.8, 4) is 0 Å². The molecule has 1 fully saturated rings. The fourth-order valence-corrected chi connectivity index (χ4v) is 2.43. The SMILES string of the molecule is Cc1c(N)nsc1NCC1CN(C)CCO1. The minimum Gasteiger partial charge on any atom is -0.383 e. The van der Waals surface area contributed by atoms with Crippen molar-refractivity contribution < 1.29 is 4.74 Å². The molecule has 1 unspecified atom stereocenters. The third kappa shape index (κ3) is 2.63. The Labute approximate surface area is 99.7 Å². The van der Waals surface area contributed by atoms with Crippen molar-refractivity contribution in [2.24, 2.45) is 0 Å². The van der Waals surface area contributed by atoms with E-state index in [0.29, 0.717) is 5.82 Å². The summed E-state index contributed by atoms with van der Waals surface area (Å²) in [7, 11) is 2.12. The largest absolute Gasteiger partial charge is 0.383 e. The molecule has 0 bridgehead atoms. The second-order valence-electron chi connectivity index (χ2n) is 4.16. The zero-order valence-electron chi connectivity index (χ0n) is 9.69. The van der Waals surface area contributed by atoms with E-state index < -0.39 is 0 Å². The van der Waals surface area contributed by atoms with E-state index in [4.69, 9.17) is 10.5 Å². The topological polar surface area (TPSA) is 63.4 Å². The first-order valence-corrected chi connectivity index (χ1v) is 6.20. The van der Waals surface area contributed by atoms with Gasteiger partial charge in [-0.25, -0.2) is 0 Å². The molecule has 2 rings (SSSR count). The summed E-state index contributed by atoms with van der Waals surface area (Å²) in [6.07, 6.45) is 0.251. The van der Waals surface area contributed by atoms with E-state index in [1.54, 1.807) is 0 Å². The number of morpholine rings is 1. The lowest BCUT2D eigenvalue weighted by molar-refractivity contribution is -0.0116. The third-order valence-corrected chi connectivity index (χ3v) is 3.71. The highest BCUT2D eigenvalue weighted by atomic mass is 32.1. The van der Waals surface area contributed by atoms with Crippen LogP contribution >= 0.6 is 11.5 Å². The number of anilines is 2. The lowest BCUT2D eigenvalue weighted by atomic mass is 10.3. The predicted octanol–water partition coefficient (Wildman–Crippen LogP) is 0.776. The average molecular weight is 242 g/mol. The Kier molecular flexibility index (Phi) is 3.63. The summed E-state index contributed by atoms with van der Waals surface area (Å²) < 4.78 is 9.77. The maximum Gasteiger partial charge on any atom is 0.142 e. The summed E-state index contributed by atoms with van der Waals surface area (Å²) in [5.41, 5.74) is 6.73. The normalized spacial score (nSPS) is 22.2. The number of nitrogens with zero attached hydrogens (tertiary/aromatic N) is 2. The maximum atomic E-state index is 5.69. The van der Waals surface area contributed by atoms with Gasteiger partial charge in [-0.1, -0.05) is 0 Å². The van der Waals surface area contributed by atoms with Gasteiger partial charge in [-0.05, 0) is 25.5 Å². The minimum atomic E-state index is 0.251. The van der Waals surface area contributed by atoms with Crippen LogP contribution in [0.4, 0.5) is 10.8 Å². The van der Waals surface area contributed by atoms with E-state index in [1.807, 2.05) is 6.92 Å². The molecule has 3 N–H and O–H groups in total. The van der Waals surface area contributed by atoms with Gasteiger partial charge in [-0.3, -0.25) is 0 Å². The zero-order chi connectivity index (χ0) is 11.5. The zero-order valence-corrected chi connectivity index (χ0v) is 10.5. The number of nitrogens with one attached hydrogen (secondary N) is 1. The van der Waals surface area contributed by atoms with Gasteiger partial charge in [0.25, 0.3) is 0 Å². The first-order chi connectivity index (χ1) is 7.66. The van der Waals surface area contributed by atoms with Crippen LogP contribution in [0.3, 0.4) is 0 Å². The molecule has 1 aromatic rings. The highest BCUT2D eigenvalue weighted by Crippen LogP contribution is 2.25. The van der Waals surface area contributed by atoms with Gasteiger partial charge in [-0.15, -0.1) is 0 Å². The molecule has 0 radical (unpaired) electrons. The molecule has 1 aliphatic rings. The van der Waals surface area contributed by atoms with Gasteiger partial charge in [0.2, 0.25) is 0 Å². The smallest absolute Gasteiger partial charge is 0.142 e. The number of nitrogen functional groups attached to an aromatic ring is 1. The van der Waals surface area contributed by atoms with E-state index >= 15 is 0 Å². The van der Waals surface area contributed by atoms with E-state index in [2.05, 4.69) is 21.6 Å². The highest BCUT2D eigenvalue weighted by Gasteiger charge is 2.18. The number of hydrogen-bond donors (Lipinski definition) is 2. The van der Waals surface area contributed by atoms with Crippen molar-refractivity contribution in [2.45, 2.75) is 13.0 Å². The first kappa shape index (κ1) is 11.6. The van der Waals surface area contributed by atoms with Crippen LogP contribution in [0.1, 0.15) is 5.56 Å². The fraction of sp³-hybridized carbons (Fsp3) is 0.700. The molecule has 1 aliphatic heterocycles. The molecule has 5 nitrogen and oxygen atoms in total. The van der Waals surface area contributed by atoms with Gasteiger partial charge in [-0.2, -0.15) is 4.37 Å². The molecule has 1 atom stereocenters.